The van der Waals surface area contributed by atoms with Crippen molar-refractivity contribution in [3.05, 3.63) is 30.1 Å². The monoisotopic (exact) mass is 292 g/mol. The molecule has 1 aliphatic heterocycles. The van der Waals surface area contributed by atoms with Crippen LogP contribution in [-0.2, 0) is 9.53 Å². The summed E-state index contributed by atoms with van der Waals surface area (Å²) in [6.45, 7) is 2.94. The van der Waals surface area contributed by atoms with Gasteiger partial charge in [0, 0.05) is 18.9 Å². The van der Waals surface area contributed by atoms with Crippen molar-refractivity contribution < 1.29 is 14.3 Å². The molecule has 3 N–H and O–H groups in total. The van der Waals surface area contributed by atoms with Crippen LogP contribution < -0.4 is 11.1 Å². The number of carbonyl (C=O) groups is 2. The second kappa shape index (κ2) is 7.03. The van der Waals surface area contributed by atoms with E-state index < -0.39 is 12.0 Å². The fourth-order valence-electron chi connectivity index (χ4n) is 2.26. The van der Waals surface area contributed by atoms with Crippen molar-refractivity contribution in [1.29, 1.82) is 0 Å². The van der Waals surface area contributed by atoms with Gasteiger partial charge in [0.15, 0.2) is 6.10 Å². The zero-order valence-electron chi connectivity index (χ0n) is 12.0. The minimum absolute atomic E-state index is 0.0876. The minimum Gasteiger partial charge on any atom is -0.367 e. The number of rotatable bonds is 4. The topological polar surface area (TPSA) is 97.5 Å². The minimum atomic E-state index is -0.731. The second-order valence-corrected chi connectivity index (χ2v) is 4.90. The first-order valence-electron chi connectivity index (χ1n) is 6.98. The Morgan fingerprint density at radius 3 is 2.86 bits per heavy atom. The predicted octanol–water partition coefficient (Wildman–Crippen LogP) is 0.428. The number of nitrogens with one attached hydrogen (secondary N) is 1. The molecule has 0 bridgehead atoms. The zero-order chi connectivity index (χ0) is 15.2. The highest BCUT2D eigenvalue weighted by Crippen LogP contribution is 2.16. The molecule has 3 amide bonds. The molecule has 2 atom stereocenters. The van der Waals surface area contributed by atoms with Gasteiger partial charge < -0.3 is 20.7 Å². The van der Waals surface area contributed by atoms with E-state index in [4.69, 9.17) is 10.5 Å². The lowest BCUT2D eigenvalue weighted by molar-refractivity contribution is -0.133. The fraction of sp³-hybridized carbons (Fsp3) is 0.500. The third-order valence-corrected chi connectivity index (χ3v) is 3.49. The highest BCUT2D eigenvalue weighted by Gasteiger charge is 2.28. The van der Waals surface area contributed by atoms with Crippen molar-refractivity contribution in [2.24, 2.45) is 5.73 Å². The lowest BCUT2D eigenvalue weighted by Crippen LogP contribution is -2.53. The normalized spacial score (nSPS) is 19.9. The summed E-state index contributed by atoms with van der Waals surface area (Å²) in [7, 11) is 0. The van der Waals surface area contributed by atoms with E-state index in [1.807, 2.05) is 19.1 Å². The largest absolute Gasteiger partial charge is 0.367 e. The van der Waals surface area contributed by atoms with E-state index in [2.05, 4.69) is 10.3 Å². The summed E-state index contributed by atoms with van der Waals surface area (Å²) in [6, 6.07) is 3.45. The van der Waals surface area contributed by atoms with Gasteiger partial charge in [0.25, 0.3) is 0 Å². The first-order chi connectivity index (χ1) is 10.1. The number of hydrogen-bond acceptors (Lipinski definition) is 4. The van der Waals surface area contributed by atoms with Crippen LogP contribution in [0.4, 0.5) is 4.79 Å². The van der Waals surface area contributed by atoms with Crippen LogP contribution in [0.5, 0.6) is 0 Å². The maximum atomic E-state index is 12.3. The smallest absolute Gasteiger partial charge is 0.318 e. The Morgan fingerprint density at radius 1 is 1.52 bits per heavy atom. The fourth-order valence-corrected chi connectivity index (χ4v) is 2.26. The number of amides is 3. The number of urea groups is 1. The maximum absolute atomic E-state index is 12.3. The van der Waals surface area contributed by atoms with E-state index in [0.717, 1.165) is 12.0 Å². The Kier molecular flexibility index (Phi) is 5.10. The molecule has 0 spiro atoms. The molecule has 114 valence electrons. The number of hydrogen-bond donors (Lipinski definition) is 2. The molecule has 1 aromatic rings. The molecule has 1 aromatic heterocycles. The average Bonchev–Trinajstić information content (AvgIpc) is 2.53. The molecule has 7 nitrogen and oxygen atoms in total. The average molecular weight is 292 g/mol. The summed E-state index contributed by atoms with van der Waals surface area (Å²) in [5, 5.41) is 2.96. The molecule has 1 aliphatic rings. The number of primary amides is 1. The number of pyridine rings is 1. The van der Waals surface area contributed by atoms with Crippen LogP contribution in [0.15, 0.2) is 24.5 Å². The van der Waals surface area contributed by atoms with Crippen LogP contribution in [0.3, 0.4) is 0 Å². The summed E-state index contributed by atoms with van der Waals surface area (Å²) in [6.07, 6.45) is 3.43. The van der Waals surface area contributed by atoms with E-state index in [1.54, 1.807) is 17.3 Å². The van der Waals surface area contributed by atoms with Gasteiger partial charge in [-0.3, -0.25) is 9.78 Å². The molecule has 21 heavy (non-hydrogen) atoms. The van der Waals surface area contributed by atoms with Gasteiger partial charge in [-0.15, -0.1) is 0 Å². The van der Waals surface area contributed by atoms with Crippen LogP contribution in [-0.4, -0.2) is 47.6 Å². The van der Waals surface area contributed by atoms with Crippen LogP contribution in [0.2, 0.25) is 0 Å². The third kappa shape index (κ3) is 3.91. The maximum Gasteiger partial charge on any atom is 0.318 e. The molecule has 2 heterocycles. The molecule has 2 rings (SSSR count). The van der Waals surface area contributed by atoms with Gasteiger partial charge in [0.1, 0.15) is 0 Å². The Hall–Kier alpha value is -2.15. The van der Waals surface area contributed by atoms with E-state index in [9.17, 15) is 9.59 Å². The zero-order valence-corrected chi connectivity index (χ0v) is 12.0. The first-order valence-corrected chi connectivity index (χ1v) is 6.98. The number of nitrogens with zero attached hydrogens (tertiary/aromatic N) is 2. The van der Waals surface area contributed by atoms with E-state index in [1.165, 1.54) is 0 Å². The Balaban J connectivity index is 1.98. The molecule has 2 unspecified atom stereocenters. The molecule has 1 saturated heterocycles. The van der Waals surface area contributed by atoms with Gasteiger partial charge in [-0.05, 0) is 24.1 Å². The molecule has 0 aromatic carbocycles. The van der Waals surface area contributed by atoms with Crippen LogP contribution in [0.1, 0.15) is 24.9 Å². The second-order valence-electron chi connectivity index (χ2n) is 4.90. The van der Waals surface area contributed by atoms with Crippen molar-refractivity contribution in [3.8, 4) is 0 Å². The number of carbonyl (C=O) groups excluding carboxylic acids is 2. The van der Waals surface area contributed by atoms with Crippen LogP contribution in [0.25, 0.3) is 0 Å². The summed E-state index contributed by atoms with van der Waals surface area (Å²) in [5.41, 5.74) is 6.22. The molecule has 0 radical (unpaired) electrons. The Labute approximate surface area is 123 Å². The lowest BCUT2D eigenvalue weighted by Gasteiger charge is -2.32. The summed E-state index contributed by atoms with van der Waals surface area (Å²) >= 11 is 0. The number of morpholine rings is 1. The molecule has 0 aliphatic carbocycles. The molecular weight excluding hydrogens is 272 g/mol. The molecule has 7 heteroatoms. The first kappa shape index (κ1) is 15.2. The summed E-state index contributed by atoms with van der Waals surface area (Å²) in [5.74, 6) is -0.548. The number of aromatic nitrogens is 1. The molecular formula is C14H20N4O3. The van der Waals surface area contributed by atoms with Crippen LogP contribution in [0, 0.1) is 0 Å². The molecule has 0 saturated carbocycles. The van der Waals surface area contributed by atoms with Crippen molar-refractivity contribution in [3.63, 3.8) is 0 Å². The standard InChI is InChI=1S/C14H20N4O3/c1-2-11(10-3-5-16-6-4-10)17-14(20)18-7-8-21-12(9-18)13(15)19/h3-6,11-12H,2,7-9H2,1H3,(H2,15,19)(H,17,20). The van der Waals surface area contributed by atoms with Gasteiger partial charge in [-0.1, -0.05) is 6.92 Å². The number of ether oxygens (including phenoxy) is 1. The number of nitrogens with two attached hydrogens (primary N) is 1. The third-order valence-electron chi connectivity index (χ3n) is 3.49. The van der Waals surface area contributed by atoms with Crippen molar-refractivity contribution in [1.82, 2.24) is 15.2 Å². The SMILES string of the molecule is CCC(NC(=O)N1CCOC(C(N)=O)C1)c1ccncc1. The van der Waals surface area contributed by atoms with Gasteiger partial charge in [-0.2, -0.15) is 0 Å². The van der Waals surface area contributed by atoms with Crippen molar-refractivity contribution in [2.75, 3.05) is 19.7 Å². The van der Waals surface area contributed by atoms with Crippen molar-refractivity contribution >= 4 is 11.9 Å². The predicted molar refractivity (Wildman–Crippen MR) is 76.3 cm³/mol. The van der Waals surface area contributed by atoms with E-state index in [-0.39, 0.29) is 18.6 Å². The van der Waals surface area contributed by atoms with Gasteiger partial charge in [0.2, 0.25) is 5.91 Å². The quantitative estimate of drug-likeness (QED) is 0.840. The van der Waals surface area contributed by atoms with Crippen LogP contribution >= 0.6 is 0 Å². The summed E-state index contributed by atoms with van der Waals surface area (Å²) < 4.78 is 5.23. The van der Waals surface area contributed by atoms with Gasteiger partial charge in [-0.25, -0.2) is 4.79 Å². The Morgan fingerprint density at radius 2 is 2.24 bits per heavy atom. The van der Waals surface area contributed by atoms with Gasteiger partial charge >= 0.3 is 6.03 Å². The van der Waals surface area contributed by atoms with E-state index in [0.29, 0.717) is 13.2 Å². The highest BCUT2D eigenvalue weighted by atomic mass is 16.5. The Bertz CT molecular complexity index is 494. The molecule has 1 fully saturated rings. The summed E-state index contributed by atoms with van der Waals surface area (Å²) in [4.78, 5) is 29.0. The van der Waals surface area contributed by atoms with Crippen molar-refractivity contribution in [2.45, 2.75) is 25.5 Å². The van der Waals surface area contributed by atoms with E-state index >= 15 is 0 Å². The lowest BCUT2D eigenvalue weighted by atomic mass is 10.1. The van der Waals surface area contributed by atoms with Gasteiger partial charge in [0.05, 0.1) is 19.2 Å². The highest BCUT2D eigenvalue weighted by molar-refractivity contribution is 5.81.